The van der Waals surface area contributed by atoms with Crippen molar-refractivity contribution in [2.45, 2.75) is 13.8 Å². The van der Waals surface area contributed by atoms with Gasteiger partial charge in [0, 0.05) is 6.08 Å². The van der Waals surface area contributed by atoms with Gasteiger partial charge in [0.15, 0.2) is 6.61 Å². The fourth-order valence-corrected chi connectivity index (χ4v) is 0.390. The Kier molecular flexibility index (Phi) is 4.06. The van der Waals surface area contributed by atoms with E-state index in [1.54, 1.807) is 0 Å². The molecule has 0 atom stereocenters. The summed E-state index contributed by atoms with van der Waals surface area (Å²) in [5, 5.41) is 0. The molecule has 0 rings (SSSR count). The van der Waals surface area contributed by atoms with E-state index in [4.69, 9.17) is 6.42 Å². The zero-order valence-electron chi connectivity index (χ0n) is 6.18. The SMILES string of the molecule is C#CCOC(=O)C=C(C)C. The molecule has 0 radical (unpaired) electrons. The van der Waals surface area contributed by atoms with Crippen LogP contribution < -0.4 is 0 Å². The number of esters is 1. The molecule has 10 heavy (non-hydrogen) atoms. The fraction of sp³-hybridized carbons (Fsp3) is 0.375. The number of terminal acetylenes is 1. The second-order valence-corrected chi connectivity index (χ2v) is 2.03. The quantitative estimate of drug-likeness (QED) is 0.325. The highest BCUT2D eigenvalue weighted by Gasteiger charge is 1.93. The molecule has 0 amide bonds. The Balaban J connectivity index is 3.68. The van der Waals surface area contributed by atoms with Crippen molar-refractivity contribution in [1.29, 1.82) is 0 Å². The van der Waals surface area contributed by atoms with Crippen molar-refractivity contribution < 1.29 is 9.53 Å². The van der Waals surface area contributed by atoms with E-state index in [-0.39, 0.29) is 12.6 Å². The highest BCUT2D eigenvalue weighted by Crippen LogP contribution is 1.89. The lowest BCUT2D eigenvalue weighted by Gasteiger charge is -1.93. The Morgan fingerprint density at radius 2 is 2.30 bits per heavy atom. The molecular formula is C8H10O2. The van der Waals surface area contributed by atoms with Gasteiger partial charge in [-0.3, -0.25) is 0 Å². The average Bonchev–Trinajstić information content (AvgIpc) is 1.82. The normalized spacial score (nSPS) is 7.70. The van der Waals surface area contributed by atoms with Crippen LogP contribution in [0.1, 0.15) is 13.8 Å². The predicted molar refractivity (Wildman–Crippen MR) is 39.2 cm³/mol. The van der Waals surface area contributed by atoms with Crippen molar-refractivity contribution in [2.75, 3.05) is 6.61 Å². The number of carbonyl (C=O) groups excluding carboxylic acids is 1. The zero-order chi connectivity index (χ0) is 7.98. The molecule has 0 aliphatic rings. The van der Waals surface area contributed by atoms with Crippen molar-refractivity contribution in [3.05, 3.63) is 11.6 Å². The minimum atomic E-state index is -0.377. The third kappa shape index (κ3) is 4.92. The molecule has 0 aliphatic carbocycles. The van der Waals surface area contributed by atoms with Crippen LogP contribution in [0.3, 0.4) is 0 Å². The van der Waals surface area contributed by atoms with Crippen molar-refractivity contribution in [3.8, 4) is 12.3 Å². The van der Waals surface area contributed by atoms with Gasteiger partial charge in [-0.1, -0.05) is 11.5 Å². The lowest BCUT2D eigenvalue weighted by Crippen LogP contribution is -2.00. The molecule has 0 aromatic heterocycles. The third-order valence-electron chi connectivity index (χ3n) is 0.704. The Labute approximate surface area is 60.9 Å². The molecule has 0 aliphatic heterocycles. The molecular weight excluding hydrogens is 128 g/mol. The van der Waals surface area contributed by atoms with E-state index in [1.165, 1.54) is 6.08 Å². The minimum Gasteiger partial charge on any atom is -0.449 e. The second-order valence-electron chi connectivity index (χ2n) is 2.03. The molecule has 0 aromatic rings. The Morgan fingerprint density at radius 3 is 2.70 bits per heavy atom. The second kappa shape index (κ2) is 4.63. The van der Waals surface area contributed by atoms with Crippen LogP contribution in [0, 0.1) is 12.3 Å². The van der Waals surface area contributed by atoms with E-state index in [0.29, 0.717) is 0 Å². The van der Waals surface area contributed by atoms with Gasteiger partial charge in [0.05, 0.1) is 0 Å². The molecule has 0 saturated heterocycles. The maximum absolute atomic E-state index is 10.6. The number of hydrogen-bond acceptors (Lipinski definition) is 2. The zero-order valence-corrected chi connectivity index (χ0v) is 6.18. The summed E-state index contributed by atoms with van der Waals surface area (Å²) in [6.45, 7) is 3.68. The maximum atomic E-state index is 10.6. The lowest BCUT2D eigenvalue weighted by atomic mass is 10.3. The van der Waals surface area contributed by atoms with Crippen LogP contribution in [0.15, 0.2) is 11.6 Å². The molecule has 54 valence electrons. The number of carbonyl (C=O) groups is 1. The molecule has 0 spiro atoms. The maximum Gasteiger partial charge on any atom is 0.331 e. The van der Waals surface area contributed by atoms with Gasteiger partial charge in [-0.25, -0.2) is 4.79 Å². The summed E-state index contributed by atoms with van der Waals surface area (Å²) in [4.78, 5) is 10.6. The van der Waals surface area contributed by atoms with Gasteiger partial charge in [-0.15, -0.1) is 6.42 Å². The average molecular weight is 138 g/mol. The minimum absolute atomic E-state index is 0.0443. The van der Waals surface area contributed by atoms with Gasteiger partial charge in [0.25, 0.3) is 0 Å². The van der Waals surface area contributed by atoms with E-state index in [1.807, 2.05) is 13.8 Å². The van der Waals surface area contributed by atoms with Crippen LogP contribution >= 0.6 is 0 Å². The first-order valence-corrected chi connectivity index (χ1v) is 2.92. The standard InChI is InChI=1S/C8H10O2/c1-4-5-10-8(9)6-7(2)3/h1,6H,5H2,2-3H3. The molecule has 0 fully saturated rings. The van der Waals surface area contributed by atoms with E-state index < -0.39 is 0 Å². The first kappa shape index (κ1) is 8.77. The summed E-state index contributed by atoms with van der Waals surface area (Å²) in [6.07, 6.45) is 6.26. The molecule has 0 N–H and O–H groups in total. The first-order chi connectivity index (χ1) is 4.66. The van der Waals surface area contributed by atoms with Crippen molar-refractivity contribution >= 4 is 5.97 Å². The number of hydrogen-bond donors (Lipinski definition) is 0. The van der Waals surface area contributed by atoms with Crippen molar-refractivity contribution in [1.82, 2.24) is 0 Å². The number of ether oxygens (including phenoxy) is 1. The molecule has 0 unspecified atom stereocenters. The van der Waals surface area contributed by atoms with Crippen LogP contribution in [0.5, 0.6) is 0 Å². The summed E-state index contributed by atoms with van der Waals surface area (Å²) >= 11 is 0. The van der Waals surface area contributed by atoms with Gasteiger partial charge in [0.2, 0.25) is 0 Å². The summed E-state index contributed by atoms with van der Waals surface area (Å²) in [5.74, 6) is 1.82. The fourth-order valence-electron chi connectivity index (χ4n) is 0.390. The number of allylic oxidation sites excluding steroid dienone is 1. The van der Waals surface area contributed by atoms with Crippen molar-refractivity contribution in [2.24, 2.45) is 0 Å². The lowest BCUT2D eigenvalue weighted by molar-refractivity contribution is -0.136. The summed E-state index contributed by atoms with van der Waals surface area (Å²) in [5.41, 5.74) is 0.905. The highest BCUT2D eigenvalue weighted by atomic mass is 16.5. The molecule has 0 saturated carbocycles. The molecule has 0 bridgehead atoms. The van der Waals surface area contributed by atoms with Crippen LogP contribution in [-0.2, 0) is 9.53 Å². The largest absolute Gasteiger partial charge is 0.449 e. The van der Waals surface area contributed by atoms with E-state index in [2.05, 4.69) is 10.7 Å². The predicted octanol–water partition coefficient (Wildman–Crippen LogP) is 1.13. The number of rotatable bonds is 2. The molecule has 0 heterocycles. The van der Waals surface area contributed by atoms with E-state index in [9.17, 15) is 4.79 Å². The smallest absolute Gasteiger partial charge is 0.331 e. The highest BCUT2D eigenvalue weighted by molar-refractivity contribution is 5.82. The molecule has 2 nitrogen and oxygen atoms in total. The molecule has 0 aromatic carbocycles. The van der Waals surface area contributed by atoms with Crippen molar-refractivity contribution in [3.63, 3.8) is 0 Å². The Morgan fingerprint density at radius 1 is 1.70 bits per heavy atom. The van der Waals surface area contributed by atoms with Gasteiger partial charge >= 0.3 is 5.97 Å². The van der Waals surface area contributed by atoms with Gasteiger partial charge in [-0.05, 0) is 13.8 Å². The van der Waals surface area contributed by atoms with Crippen LogP contribution in [0.2, 0.25) is 0 Å². The topological polar surface area (TPSA) is 26.3 Å². The summed E-state index contributed by atoms with van der Waals surface area (Å²) < 4.78 is 4.55. The van der Waals surface area contributed by atoms with E-state index >= 15 is 0 Å². The van der Waals surface area contributed by atoms with Gasteiger partial charge in [0.1, 0.15) is 0 Å². The van der Waals surface area contributed by atoms with Crippen LogP contribution in [0.25, 0.3) is 0 Å². The van der Waals surface area contributed by atoms with Crippen LogP contribution in [-0.4, -0.2) is 12.6 Å². The monoisotopic (exact) mass is 138 g/mol. The van der Waals surface area contributed by atoms with Gasteiger partial charge < -0.3 is 4.74 Å². The van der Waals surface area contributed by atoms with Gasteiger partial charge in [-0.2, -0.15) is 0 Å². The van der Waals surface area contributed by atoms with E-state index in [0.717, 1.165) is 5.57 Å². The molecule has 2 heteroatoms. The Hall–Kier alpha value is -1.23. The summed E-state index contributed by atoms with van der Waals surface area (Å²) in [7, 11) is 0. The Bertz CT molecular complexity index is 180. The third-order valence-corrected chi connectivity index (χ3v) is 0.704. The van der Waals surface area contributed by atoms with Crippen LogP contribution in [0.4, 0.5) is 0 Å². The first-order valence-electron chi connectivity index (χ1n) is 2.92. The summed E-state index contributed by atoms with van der Waals surface area (Å²) in [6, 6.07) is 0.